The molecule has 0 saturated heterocycles. The number of carbonyl (C=O) groups is 1. The molecule has 2 heterocycles. The lowest BCUT2D eigenvalue weighted by atomic mass is 9.93. The summed E-state index contributed by atoms with van der Waals surface area (Å²) in [6.07, 6.45) is 2.73. The first-order valence-electron chi connectivity index (χ1n) is 10.0. The second-order valence-corrected chi connectivity index (χ2v) is 7.24. The maximum atomic E-state index is 13.0. The lowest BCUT2D eigenvalue weighted by Gasteiger charge is -2.17. The van der Waals surface area contributed by atoms with Crippen LogP contribution in [0.2, 0.25) is 0 Å². The van der Waals surface area contributed by atoms with E-state index in [1.807, 2.05) is 78.9 Å². The molecule has 1 unspecified atom stereocenters. The highest BCUT2D eigenvalue weighted by atomic mass is 16.2. The van der Waals surface area contributed by atoms with Gasteiger partial charge in [0.25, 0.3) is 5.56 Å². The van der Waals surface area contributed by atoms with Crippen LogP contribution in [0.1, 0.15) is 22.7 Å². The minimum absolute atomic E-state index is 0.0657. The molecule has 2 N–H and O–H groups in total. The molecule has 0 spiro atoms. The average Bonchev–Trinajstić information content (AvgIpc) is 2.79. The summed E-state index contributed by atoms with van der Waals surface area (Å²) in [5, 5.41) is 3.99. The molecule has 0 aliphatic carbocycles. The first kappa shape index (κ1) is 19.6. The van der Waals surface area contributed by atoms with E-state index in [1.165, 1.54) is 0 Å². The van der Waals surface area contributed by atoms with E-state index in [-0.39, 0.29) is 17.4 Å². The van der Waals surface area contributed by atoms with Crippen molar-refractivity contribution < 1.29 is 4.79 Å². The van der Waals surface area contributed by atoms with Crippen molar-refractivity contribution in [1.82, 2.24) is 15.3 Å². The lowest BCUT2D eigenvalue weighted by molar-refractivity contribution is -0.122. The van der Waals surface area contributed by atoms with Gasteiger partial charge in [-0.3, -0.25) is 14.6 Å². The number of benzene rings is 2. The summed E-state index contributed by atoms with van der Waals surface area (Å²) in [6.45, 7) is 0.395. The zero-order valence-electron chi connectivity index (χ0n) is 16.5. The van der Waals surface area contributed by atoms with E-state index < -0.39 is 0 Å². The Bertz CT molecular complexity index is 1190. The molecule has 0 aliphatic heterocycles. The number of pyridine rings is 2. The van der Waals surface area contributed by atoms with Crippen LogP contribution in [0.4, 0.5) is 0 Å². The molecule has 0 radical (unpaired) electrons. The van der Waals surface area contributed by atoms with Crippen LogP contribution in [0.15, 0.2) is 89.9 Å². The minimum atomic E-state index is -0.337. The Kier molecular flexibility index (Phi) is 5.99. The van der Waals surface area contributed by atoms with Crippen molar-refractivity contribution in [3.8, 4) is 0 Å². The van der Waals surface area contributed by atoms with Crippen LogP contribution in [-0.2, 0) is 17.6 Å². The number of hydrogen-bond acceptors (Lipinski definition) is 3. The van der Waals surface area contributed by atoms with Gasteiger partial charge >= 0.3 is 0 Å². The van der Waals surface area contributed by atoms with Gasteiger partial charge in [-0.05, 0) is 41.6 Å². The Balaban J connectivity index is 1.46. The van der Waals surface area contributed by atoms with Crippen LogP contribution < -0.4 is 10.9 Å². The molecule has 0 saturated carbocycles. The van der Waals surface area contributed by atoms with E-state index in [0.29, 0.717) is 24.9 Å². The number of rotatable bonds is 7. The summed E-state index contributed by atoms with van der Waals surface area (Å²) in [5.74, 6) is -0.403. The maximum absolute atomic E-state index is 13.0. The monoisotopic (exact) mass is 397 g/mol. The molecule has 5 heteroatoms. The number of hydrogen-bond donors (Lipinski definition) is 2. The standard InChI is InChI=1S/C25H23N3O2/c29-24-20(16-19-10-4-5-12-23(19)28-24)13-15-27-25(30)22(18-8-2-1-3-9-18)17-21-11-6-7-14-26-21/h1-12,14,16,22H,13,15,17H2,(H,27,30)(H,28,29). The molecule has 1 amide bonds. The number of fused-ring (bicyclic) bond motifs is 1. The van der Waals surface area contributed by atoms with E-state index in [0.717, 1.165) is 22.2 Å². The number of para-hydroxylation sites is 1. The maximum Gasteiger partial charge on any atom is 0.251 e. The van der Waals surface area contributed by atoms with Gasteiger partial charge in [0.05, 0.1) is 5.92 Å². The number of amides is 1. The van der Waals surface area contributed by atoms with E-state index >= 15 is 0 Å². The molecule has 0 aliphatic rings. The van der Waals surface area contributed by atoms with Gasteiger partial charge in [0.15, 0.2) is 0 Å². The second kappa shape index (κ2) is 9.18. The number of nitrogens with zero attached hydrogens (tertiary/aromatic N) is 1. The van der Waals surface area contributed by atoms with Gasteiger partial charge in [-0.2, -0.15) is 0 Å². The Labute approximate surface area is 174 Å². The van der Waals surface area contributed by atoms with Gasteiger partial charge in [0.1, 0.15) is 0 Å². The topological polar surface area (TPSA) is 74.8 Å². The van der Waals surface area contributed by atoms with Crippen molar-refractivity contribution in [3.05, 3.63) is 112 Å². The molecule has 4 rings (SSSR count). The predicted octanol–water partition coefficient (Wildman–Crippen LogP) is 3.61. The number of aromatic amines is 1. The third kappa shape index (κ3) is 4.63. The first-order chi connectivity index (χ1) is 14.7. The second-order valence-electron chi connectivity index (χ2n) is 7.24. The lowest BCUT2D eigenvalue weighted by Crippen LogP contribution is -2.33. The van der Waals surface area contributed by atoms with Gasteiger partial charge < -0.3 is 10.3 Å². The quantitative estimate of drug-likeness (QED) is 0.500. The van der Waals surface area contributed by atoms with Crippen molar-refractivity contribution in [2.45, 2.75) is 18.8 Å². The Morgan fingerprint density at radius 3 is 2.53 bits per heavy atom. The van der Waals surface area contributed by atoms with Crippen molar-refractivity contribution in [1.29, 1.82) is 0 Å². The Morgan fingerprint density at radius 1 is 0.967 bits per heavy atom. The summed E-state index contributed by atoms with van der Waals surface area (Å²) in [5.41, 5.74) is 3.18. The van der Waals surface area contributed by atoms with E-state index in [1.54, 1.807) is 6.20 Å². The zero-order valence-corrected chi connectivity index (χ0v) is 16.5. The van der Waals surface area contributed by atoms with Crippen molar-refractivity contribution in [2.75, 3.05) is 6.54 Å². The third-order valence-corrected chi connectivity index (χ3v) is 5.18. The van der Waals surface area contributed by atoms with Gasteiger partial charge in [-0.15, -0.1) is 0 Å². The van der Waals surface area contributed by atoms with Crippen LogP contribution >= 0.6 is 0 Å². The number of carbonyl (C=O) groups excluding carboxylic acids is 1. The molecule has 4 aromatic rings. The van der Waals surface area contributed by atoms with Gasteiger partial charge in [-0.25, -0.2) is 0 Å². The fourth-order valence-corrected chi connectivity index (χ4v) is 3.60. The zero-order chi connectivity index (χ0) is 20.8. The molecule has 2 aromatic heterocycles. The highest BCUT2D eigenvalue weighted by Crippen LogP contribution is 2.20. The Morgan fingerprint density at radius 2 is 1.73 bits per heavy atom. The molecule has 0 bridgehead atoms. The predicted molar refractivity (Wildman–Crippen MR) is 118 cm³/mol. The largest absolute Gasteiger partial charge is 0.355 e. The van der Waals surface area contributed by atoms with Crippen molar-refractivity contribution in [3.63, 3.8) is 0 Å². The number of H-pyrrole nitrogens is 1. The fraction of sp³-hybridized carbons (Fsp3) is 0.160. The molecule has 1 atom stereocenters. The van der Waals surface area contributed by atoms with Crippen LogP contribution in [-0.4, -0.2) is 22.4 Å². The SMILES string of the molecule is O=C(NCCc1cc2ccccc2[nH]c1=O)C(Cc1ccccn1)c1ccccc1. The van der Waals surface area contributed by atoms with E-state index in [4.69, 9.17) is 0 Å². The number of aromatic nitrogens is 2. The van der Waals surface area contributed by atoms with Crippen molar-refractivity contribution in [2.24, 2.45) is 0 Å². The highest BCUT2D eigenvalue weighted by molar-refractivity contribution is 5.84. The van der Waals surface area contributed by atoms with Crippen LogP contribution in [0.25, 0.3) is 10.9 Å². The summed E-state index contributed by atoms with van der Waals surface area (Å²) in [4.78, 5) is 32.6. The molecule has 2 aromatic carbocycles. The van der Waals surface area contributed by atoms with Gasteiger partial charge in [0.2, 0.25) is 5.91 Å². The average molecular weight is 397 g/mol. The molecular weight excluding hydrogens is 374 g/mol. The normalized spacial score (nSPS) is 11.9. The highest BCUT2D eigenvalue weighted by Gasteiger charge is 2.21. The van der Waals surface area contributed by atoms with Gasteiger partial charge in [0, 0.05) is 35.9 Å². The van der Waals surface area contributed by atoms with E-state index in [9.17, 15) is 9.59 Å². The molecule has 5 nitrogen and oxygen atoms in total. The summed E-state index contributed by atoms with van der Waals surface area (Å²) >= 11 is 0. The van der Waals surface area contributed by atoms with Gasteiger partial charge in [-0.1, -0.05) is 54.6 Å². The molecule has 0 fully saturated rings. The Hall–Kier alpha value is -3.73. The molecule has 30 heavy (non-hydrogen) atoms. The van der Waals surface area contributed by atoms with Crippen molar-refractivity contribution >= 4 is 16.8 Å². The fourth-order valence-electron chi connectivity index (χ4n) is 3.60. The van der Waals surface area contributed by atoms with Crippen LogP contribution in [0.5, 0.6) is 0 Å². The van der Waals surface area contributed by atoms with Crippen LogP contribution in [0, 0.1) is 0 Å². The summed E-state index contributed by atoms with van der Waals surface area (Å²) in [6, 6.07) is 25.0. The third-order valence-electron chi connectivity index (χ3n) is 5.18. The first-order valence-corrected chi connectivity index (χ1v) is 10.0. The van der Waals surface area contributed by atoms with Crippen LogP contribution in [0.3, 0.4) is 0 Å². The molecule has 150 valence electrons. The summed E-state index contributed by atoms with van der Waals surface area (Å²) in [7, 11) is 0. The van der Waals surface area contributed by atoms with E-state index in [2.05, 4.69) is 15.3 Å². The number of nitrogens with one attached hydrogen (secondary N) is 2. The smallest absolute Gasteiger partial charge is 0.251 e. The summed E-state index contributed by atoms with van der Waals surface area (Å²) < 4.78 is 0. The minimum Gasteiger partial charge on any atom is -0.355 e. The molecular formula is C25H23N3O2.